The average molecular weight is 721 g/mol. The van der Waals surface area contributed by atoms with E-state index in [-0.39, 0.29) is 5.41 Å². The number of nitrogens with zero attached hydrogens (tertiary/aromatic N) is 2. The van der Waals surface area contributed by atoms with Crippen molar-refractivity contribution in [3.63, 3.8) is 0 Å². The highest BCUT2D eigenvalue weighted by atomic mass is 15.1. The average Bonchev–Trinajstić information content (AvgIpc) is 3.53. The van der Waals surface area contributed by atoms with Gasteiger partial charge in [0.15, 0.2) is 0 Å². The molecule has 0 saturated carbocycles. The molecule has 0 N–H and O–H groups in total. The van der Waals surface area contributed by atoms with Crippen molar-refractivity contribution < 1.29 is 0 Å². The molecule has 270 valence electrons. The zero-order chi connectivity index (χ0) is 38.1. The molecule has 1 aliphatic heterocycles. The van der Waals surface area contributed by atoms with Crippen molar-refractivity contribution in [1.29, 1.82) is 0 Å². The van der Waals surface area contributed by atoms with Gasteiger partial charge >= 0.3 is 0 Å². The number of hydrogen-bond acceptors (Lipinski definition) is 2. The first-order valence-corrected chi connectivity index (χ1v) is 19.4. The Labute approximate surface area is 331 Å². The van der Waals surface area contributed by atoms with Crippen LogP contribution in [-0.2, 0) is 5.41 Å². The van der Waals surface area contributed by atoms with Crippen molar-refractivity contribution in [1.82, 2.24) is 0 Å². The summed E-state index contributed by atoms with van der Waals surface area (Å²) in [5.41, 5.74) is 17.8. The number of allylic oxidation sites excluding steroid dienone is 5. The number of fused-ring (bicyclic) bond motifs is 3. The van der Waals surface area contributed by atoms with E-state index in [1.165, 1.54) is 55.8 Å². The third-order valence-electron chi connectivity index (χ3n) is 11.2. The van der Waals surface area contributed by atoms with Crippen LogP contribution in [0.3, 0.4) is 0 Å². The molecule has 0 saturated heterocycles. The lowest BCUT2D eigenvalue weighted by molar-refractivity contribution is 0.660. The summed E-state index contributed by atoms with van der Waals surface area (Å²) in [7, 11) is 0. The minimum Gasteiger partial charge on any atom is -0.344 e. The fourth-order valence-electron chi connectivity index (χ4n) is 8.18. The van der Waals surface area contributed by atoms with Crippen molar-refractivity contribution in [2.24, 2.45) is 0 Å². The molecule has 0 aromatic heterocycles. The zero-order valence-electron chi connectivity index (χ0n) is 31.9. The maximum atomic E-state index is 4.34. The largest absolute Gasteiger partial charge is 0.344 e. The Kier molecular flexibility index (Phi) is 9.17. The first-order chi connectivity index (χ1) is 27.4. The van der Waals surface area contributed by atoms with Gasteiger partial charge in [0.05, 0.1) is 0 Å². The molecule has 1 aliphatic carbocycles. The van der Waals surface area contributed by atoms with E-state index in [0.717, 1.165) is 34.8 Å². The molecule has 7 aromatic carbocycles. The topological polar surface area (TPSA) is 6.48 Å². The molecule has 0 bridgehead atoms. The standard InChI is InChI=1S/C54H44N2/c1-39-33-35-55(34-13-20-45(36-39)42-18-11-6-12-19-42)48-29-31-50-51-32-30-49(38-53(51)54(2,3)52(50)37-48)56(46-25-21-43(22-26-46)40-14-7-4-8-15-40)47-27-23-44(24-28-47)41-16-9-5-10-17-41/h4-33,35-38H,1,34H2,2-3H3/b20-13-,35-33-,45-36?. The molecule has 0 fully saturated rings. The molecule has 2 heteroatoms. The van der Waals surface area contributed by atoms with Crippen LogP contribution in [0.4, 0.5) is 22.7 Å². The molecular weight excluding hydrogens is 677 g/mol. The second-order valence-electron chi connectivity index (χ2n) is 15.2. The van der Waals surface area contributed by atoms with E-state index in [2.05, 4.69) is 237 Å². The molecule has 0 atom stereocenters. The van der Waals surface area contributed by atoms with E-state index >= 15 is 0 Å². The first kappa shape index (κ1) is 34.8. The quantitative estimate of drug-likeness (QED) is 0.162. The van der Waals surface area contributed by atoms with Gasteiger partial charge in [0.25, 0.3) is 0 Å². The minimum atomic E-state index is -0.207. The number of benzene rings is 7. The van der Waals surface area contributed by atoms with Gasteiger partial charge in [0.1, 0.15) is 0 Å². The molecule has 9 rings (SSSR count). The molecule has 2 aliphatic rings. The summed E-state index contributed by atoms with van der Waals surface area (Å²) >= 11 is 0. The van der Waals surface area contributed by atoms with Gasteiger partial charge in [-0.3, -0.25) is 0 Å². The van der Waals surface area contributed by atoms with Crippen molar-refractivity contribution >= 4 is 28.3 Å². The molecule has 56 heavy (non-hydrogen) atoms. The van der Waals surface area contributed by atoms with Crippen LogP contribution < -0.4 is 9.80 Å². The van der Waals surface area contributed by atoms with Gasteiger partial charge in [-0.25, -0.2) is 0 Å². The third kappa shape index (κ3) is 6.71. The highest BCUT2D eigenvalue weighted by Crippen LogP contribution is 2.51. The maximum Gasteiger partial charge on any atom is 0.0465 e. The minimum absolute atomic E-state index is 0.207. The van der Waals surface area contributed by atoms with Crippen LogP contribution >= 0.6 is 0 Å². The highest BCUT2D eigenvalue weighted by Gasteiger charge is 2.36. The fraction of sp³-hybridized carbons (Fsp3) is 0.0741. The van der Waals surface area contributed by atoms with Gasteiger partial charge in [0.2, 0.25) is 0 Å². The van der Waals surface area contributed by atoms with Gasteiger partial charge in [0, 0.05) is 40.9 Å². The SMILES string of the molecule is C=C1C=C(c2ccccc2)/C=C\CN(c2ccc3c(c2)C(C)(C)c2cc(N(c4ccc(-c5ccccc5)cc4)c4ccc(-c5ccccc5)cc4)ccc2-3)/C=C\1. The second-order valence-corrected chi connectivity index (χ2v) is 15.2. The Morgan fingerprint density at radius 2 is 0.982 bits per heavy atom. The van der Waals surface area contributed by atoms with Crippen LogP contribution in [0.2, 0.25) is 0 Å². The van der Waals surface area contributed by atoms with E-state index in [0.29, 0.717) is 0 Å². The summed E-state index contributed by atoms with van der Waals surface area (Å²) in [6.45, 7) is 9.83. The normalized spacial score (nSPS) is 15.4. The Morgan fingerprint density at radius 1 is 0.500 bits per heavy atom. The summed E-state index contributed by atoms with van der Waals surface area (Å²) in [6.07, 6.45) is 10.9. The van der Waals surface area contributed by atoms with Crippen LogP contribution in [0, 0.1) is 0 Å². The molecule has 0 unspecified atom stereocenters. The summed E-state index contributed by atoms with van der Waals surface area (Å²) < 4.78 is 0. The summed E-state index contributed by atoms with van der Waals surface area (Å²) in [6, 6.07) is 63.6. The van der Waals surface area contributed by atoms with Crippen LogP contribution in [-0.4, -0.2) is 6.54 Å². The Morgan fingerprint density at radius 3 is 1.55 bits per heavy atom. The Hall–Kier alpha value is -6.90. The van der Waals surface area contributed by atoms with Gasteiger partial charge in [-0.05, 0) is 122 Å². The van der Waals surface area contributed by atoms with E-state index in [1.807, 2.05) is 0 Å². The summed E-state index contributed by atoms with van der Waals surface area (Å²) in [4.78, 5) is 4.70. The lowest BCUT2D eigenvalue weighted by Gasteiger charge is -2.28. The number of rotatable bonds is 7. The predicted molar refractivity (Wildman–Crippen MR) is 239 cm³/mol. The third-order valence-corrected chi connectivity index (χ3v) is 11.2. The van der Waals surface area contributed by atoms with E-state index in [4.69, 9.17) is 0 Å². The predicted octanol–water partition coefficient (Wildman–Crippen LogP) is 14.3. The molecule has 0 spiro atoms. The van der Waals surface area contributed by atoms with E-state index < -0.39 is 0 Å². The van der Waals surface area contributed by atoms with Gasteiger partial charge in [-0.15, -0.1) is 0 Å². The van der Waals surface area contributed by atoms with Crippen LogP contribution in [0.15, 0.2) is 219 Å². The Bertz CT molecular complexity index is 2530. The lowest BCUT2D eigenvalue weighted by Crippen LogP contribution is -2.19. The highest BCUT2D eigenvalue weighted by molar-refractivity contribution is 5.87. The molecule has 2 nitrogen and oxygen atoms in total. The van der Waals surface area contributed by atoms with Crippen molar-refractivity contribution in [3.05, 3.63) is 235 Å². The smallest absolute Gasteiger partial charge is 0.0465 e. The van der Waals surface area contributed by atoms with Crippen LogP contribution in [0.25, 0.3) is 39.0 Å². The molecule has 0 radical (unpaired) electrons. The molecule has 1 heterocycles. The summed E-state index contributed by atoms with van der Waals surface area (Å²) in [5.74, 6) is 0. The summed E-state index contributed by atoms with van der Waals surface area (Å²) in [5, 5.41) is 0. The van der Waals surface area contributed by atoms with E-state index in [9.17, 15) is 0 Å². The van der Waals surface area contributed by atoms with Crippen molar-refractivity contribution in [2.45, 2.75) is 19.3 Å². The second kappa shape index (κ2) is 14.7. The van der Waals surface area contributed by atoms with Crippen LogP contribution in [0.5, 0.6) is 0 Å². The van der Waals surface area contributed by atoms with Gasteiger partial charge in [-0.2, -0.15) is 0 Å². The zero-order valence-corrected chi connectivity index (χ0v) is 31.9. The van der Waals surface area contributed by atoms with Crippen molar-refractivity contribution in [2.75, 3.05) is 16.3 Å². The molecular formula is C54H44N2. The van der Waals surface area contributed by atoms with Crippen molar-refractivity contribution in [3.8, 4) is 33.4 Å². The molecule has 0 amide bonds. The maximum absolute atomic E-state index is 4.34. The Balaban J connectivity index is 1.06. The van der Waals surface area contributed by atoms with E-state index in [1.54, 1.807) is 0 Å². The number of hydrogen-bond donors (Lipinski definition) is 0. The van der Waals surface area contributed by atoms with Crippen LogP contribution in [0.1, 0.15) is 30.5 Å². The van der Waals surface area contributed by atoms with Gasteiger partial charge < -0.3 is 9.80 Å². The van der Waals surface area contributed by atoms with Gasteiger partial charge in [-0.1, -0.05) is 160 Å². The molecule has 7 aromatic rings. The lowest BCUT2D eigenvalue weighted by atomic mass is 9.82. The first-order valence-electron chi connectivity index (χ1n) is 19.4. The monoisotopic (exact) mass is 720 g/mol. The fourth-order valence-corrected chi connectivity index (χ4v) is 8.18. The number of anilines is 4.